The predicted molar refractivity (Wildman–Crippen MR) is 77.5 cm³/mol. The molecular formula is C14H16F2N4O. The summed E-state index contributed by atoms with van der Waals surface area (Å²) in [5.41, 5.74) is 4.15. The molecule has 5 nitrogen and oxygen atoms in total. The Bertz CT molecular complexity index is 644. The Morgan fingerprint density at radius 3 is 2.67 bits per heavy atom. The average molecular weight is 294 g/mol. The van der Waals surface area contributed by atoms with E-state index in [9.17, 15) is 8.78 Å². The number of fused-ring (bicyclic) bond motifs is 1. The van der Waals surface area contributed by atoms with Gasteiger partial charge in [0.1, 0.15) is 5.69 Å². The van der Waals surface area contributed by atoms with Crippen LogP contribution in [-0.4, -0.2) is 31.3 Å². The zero-order valence-electron chi connectivity index (χ0n) is 11.4. The van der Waals surface area contributed by atoms with Gasteiger partial charge in [0.2, 0.25) is 0 Å². The van der Waals surface area contributed by atoms with Gasteiger partial charge in [0.15, 0.2) is 0 Å². The fourth-order valence-electron chi connectivity index (χ4n) is 2.48. The van der Waals surface area contributed by atoms with Gasteiger partial charge in [0.05, 0.1) is 24.4 Å². The number of anilines is 2. The number of nitrogens with two attached hydrogens (primary N) is 1. The summed E-state index contributed by atoms with van der Waals surface area (Å²) in [6, 6.07) is 6.83. The fraction of sp³-hybridized carbons (Fsp3) is 0.357. The number of alkyl halides is 2. The monoisotopic (exact) mass is 294 g/mol. The van der Waals surface area contributed by atoms with Gasteiger partial charge in [-0.3, -0.25) is 5.84 Å². The molecule has 1 saturated heterocycles. The number of hydrazine groups is 1. The third-order valence-corrected chi connectivity index (χ3v) is 3.57. The van der Waals surface area contributed by atoms with Gasteiger partial charge in [-0.25, -0.2) is 13.8 Å². The molecule has 112 valence electrons. The van der Waals surface area contributed by atoms with Gasteiger partial charge in [-0.05, 0) is 24.3 Å². The quantitative estimate of drug-likeness (QED) is 0.672. The highest BCUT2D eigenvalue weighted by molar-refractivity contribution is 5.93. The molecule has 21 heavy (non-hydrogen) atoms. The van der Waals surface area contributed by atoms with Gasteiger partial charge in [-0.15, -0.1) is 0 Å². The highest BCUT2D eigenvalue weighted by Crippen LogP contribution is 2.30. The maximum atomic E-state index is 12.8. The van der Waals surface area contributed by atoms with Crippen molar-refractivity contribution in [2.45, 2.75) is 6.43 Å². The Labute approximate surface area is 120 Å². The molecule has 0 aliphatic carbocycles. The molecule has 1 aliphatic heterocycles. The standard InChI is InChI=1S/C14H16F2N4O/c15-14(16)13-8-12(19-17)10-7-9(1-2-11(10)18-13)20-3-5-21-6-4-20/h1-2,7-8,14H,3-6,17H2,(H,18,19). The number of hydrogen-bond acceptors (Lipinski definition) is 5. The van der Waals surface area contributed by atoms with Crippen molar-refractivity contribution in [3.05, 3.63) is 30.0 Å². The van der Waals surface area contributed by atoms with E-state index in [-0.39, 0.29) is 5.69 Å². The number of aromatic nitrogens is 1. The van der Waals surface area contributed by atoms with Gasteiger partial charge in [-0.1, -0.05) is 0 Å². The lowest BCUT2D eigenvalue weighted by Crippen LogP contribution is -2.36. The summed E-state index contributed by atoms with van der Waals surface area (Å²) in [5.74, 6) is 5.46. The van der Waals surface area contributed by atoms with Gasteiger partial charge in [0, 0.05) is 24.2 Å². The van der Waals surface area contributed by atoms with Crippen molar-refractivity contribution < 1.29 is 13.5 Å². The van der Waals surface area contributed by atoms with Gasteiger partial charge >= 0.3 is 0 Å². The number of nitrogens with zero attached hydrogens (tertiary/aromatic N) is 2. The van der Waals surface area contributed by atoms with Crippen LogP contribution in [0.3, 0.4) is 0 Å². The summed E-state index contributed by atoms with van der Waals surface area (Å²) in [6.45, 7) is 2.98. The first-order valence-corrected chi connectivity index (χ1v) is 6.71. The number of pyridine rings is 1. The molecule has 0 radical (unpaired) electrons. The van der Waals surface area contributed by atoms with Crippen molar-refractivity contribution in [3.63, 3.8) is 0 Å². The smallest absolute Gasteiger partial charge is 0.280 e. The highest BCUT2D eigenvalue weighted by atomic mass is 19.3. The summed E-state index contributed by atoms with van der Waals surface area (Å²) in [5, 5.41) is 0.728. The molecule has 0 saturated carbocycles. The van der Waals surface area contributed by atoms with Crippen molar-refractivity contribution in [2.75, 3.05) is 36.6 Å². The summed E-state index contributed by atoms with van der Waals surface area (Å²) in [4.78, 5) is 6.17. The second kappa shape index (κ2) is 5.79. The normalized spacial score (nSPS) is 15.7. The van der Waals surface area contributed by atoms with Crippen LogP contribution >= 0.6 is 0 Å². The maximum absolute atomic E-state index is 12.8. The first-order valence-electron chi connectivity index (χ1n) is 6.71. The minimum atomic E-state index is -2.62. The first-order chi connectivity index (χ1) is 10.2. The molecule has 1 aromatic carbocycles. The number of nitrogen functional groups attached to an aromatic ring is 1. The molecular weight excluding hydrogens is 278 g/mol. The van der Waals surface area contributed by atoms with Crippen LogP contribution in [0, 0.1) is 0 Å². The molecule has 0 unspecified atom stereocenters. The minimum Gasteiger partial charge on any atom is -0.378 e. The lowest BCUT2D eigenvalue weighted by atomic mass is 10.1. The van der Waals surface area contributed by atoms with Crippen molar-refractivity contribution >= 4 is 22.3 Å². The number of morpholine rings is 1. The Kier molecular flexibility index (Phi) is 3.85. The summed E-state index contributed by atoms with van der Waals surface area (Å²) in [6.07, 6.45) is -2.62. The van der Waals surface area contributed by atoms with E-state index in [1.54, 1.807) is 6.07 Å². The lowest BCUT2D eigenvalue weighted by Gasteiger charge is -2.29. The van der Waals surface area contributed by atoms with E-state index in [4.69, 9.17) is 10.6 Å². The van der Waals surface area contributed by atoms with Gasteiger partial charge in [-0.2, -0.15) is 0 Å². The molecule has 0 spiro atoms. The van der Waals surface area contributed by atoms with Crippen LogP contribution in [0.15, 0.2) is 24.3 Å². The van der Waals surface area contributed by atoms with Crippen molar-refractivity contribution in [2.24, 2.45) is 5.84 Å². The van der Waals surface area contributed by atoms with E-state index in [2.05, 4.69) is 15.3 Å². The van der Waals surface area contributed by atoms with E-state index in [1.807, 2.05) is 12.1 Å². The number of nitrogens with one attached hydrogen (secondary N) is 1. The third kappa shape index (κ3) is 2.74. The van der Waals surface area contributed by atoms with Gasteiger partial charge in [0.25, 0.3) is 6.43 Å². The molecule has 3 N–H and O–H groups in total. The Balaban J connectivity index is 2.05. The van der Waals surface area contributed by atoms with E-state index in [1.165, 1.54) is 6.07 Å². The Morgan fingerprint density at radius 1 is 1.24 bits per heavy atom. The molecule has 0 atom stereocenters. The fourth-order valence-corrected chi connectivity index (χ4v) is 2.48. The summed E-state index contributed by atoms with van der Waals surface area (Å²) in [7, 11) is 0. The number of rotatable bonds is 3. The molecule has 1 aliphatic rings. The zero-order valence-corrected chi connectivity index (χ0v) is 11.4. The number of ether oxygens (including phenoxy) is 1. The molecule has 7 heteroatoms. The second-order valence-corrected chi connectivity index (χ2v) is 4.84. The average Bonchev–Trinajstić information content (AvgIpc) is 2.54. The maximum Gasteiger partial charge on any atom is 0.280 e. The van der Waals surface area contributed by atoms with Crippen molar-refractivity contribution in [1.82, 2.24) is 4.98 Å². The van der Waals surface area contributed by atoms with Crippen LogP contribution in [0.1, 0.15) is 12.1 Å². The topological polar surface area (TPSA) is 63.4 Å². The molecule has 3 rings (SSSR count). The SMILES string of the molecule is NNc1cc(C(F)F)nc2ccc(N3CCOCC3)cc12. The van der Waals surface area contributed by atoms with E-state index < -0.39 is 6.43 Å². The molecule has 0 bridgehead atoms. The first kappa shape index (κ1) is 14.0. The largest absolute Gasteiger partial charge is 0.378 e. The number of halogens is 2. The zero-order chi connectivity index (χ0) is 14.8. The molecule has 2 heterocycles. The van der Waals surface area contributed by atoms with Crippen LogP contribution in [0.25, 0.3) is 10.9 Å². The van der Waals surface area contributed by atoms with Crippen LogP contribution in [0.5, 0.6) is 0 Å². The van der Waals surface area contributed by atoms with Crippen molar-refractivity contribution in [1.29, 1.82) is 0 Å². The van der Waals surface area contributed by atoms with Gasteiger partial charge < -0.3 is 15.1 Å². The number of hydrogen-bond donors (Lipinski definition) is 2. The molecule has 0 amide bonds. The van der Waals surface area contributed by atoms with Crippen LogP contribution in [0.2, 0.25) is 0 Å². The predicted octanol–water partition coefficient (Wildman–Crippen LogP) is 2.29. The lowest BCUT2D eigenvalue weighted by molar-refractivity contribution is 0.122. The van der Waals surface area contributed by atoms with E-state index in [0.717, 1.165) is 24.2 Å². The number of benzene rings is 1. The molecule has 1 fully saturated rings. The van der Waals surface area contributed by atoms with Crippen LogP contribution in [0.4, 0.5) is 20.2 Å². The Hall–Kier alpha value is -1.99. The van der Waals surface area contributed by atoms with E-state index >= 15 is 0 Å². The Morgan fingerprint density at radius 2 is 2.00 bits per heavy atom. The summed E-state index contributed by atoms with van der Waals surface area (Å²) >= 11 is 0. The minimum absolute atomic E-state index is 0.283. The van der Waals surface area contributed by atoms with Crippen molar-refractivity contribution in [3.8, 4) is 0 Å². The third-order valence-electron chi connectivity index (χ3n) is 3.57. The second-order valence-electron chi connectivity index (χ2n) is 4.84. The highest BCUT2D eigenvalue weighted by Gasteiger charge is 2.16. The molecule has 1 aromatic heterocycles. The van der Waals surface area contributed by atoms with E-state index in [0.29, 0.717) is 24.4 Å². The summed E-state index contributed by atoms with van der Waals surface area (Å²) < 4.78 is 31.0. The van der Waals surface area contributed by atoms with Crippen LogP contribution < -0.4 is 16.2 Å². The van der Waals surface area contributed by atoms with Crippen LogP contribution in [-0.2, 0) is 4.74 Å². The molecule has 2 aromatic rings.